The molecule has 4 N–H and O–H groups in total. The molecule has 1 aliphatic carbocycles. The summed E-state index contributed by atoms with van der Waals surface area (Å²) in [7, 11) is 0. The van der Waals surface area contributed by atoms with Crippen LogP contribution >= 0.6 is 0 Å². The smallest absolute Gasteiger partial charge is 0.272 e. The number of fused-ring (bicyclic) bond motifs is 3. The number of carbonyl (C=O) groups excluding carboxylic acids is 4. The minimum Gasteiger partial charge on any atom is -0.465 e. The number of hydrogen-bond acceptors (Lipinski definition) is 6. The summed E-state index contributed by atoms with van der Waals surface area (Å²) >= 11 is 0. The molecule has 2 aromatic heterocycles. The molecule has 6 aromatic carbocycles. The molecule has 10 nitrogen and oxygen atoms in total. The fraction of sp³-hybridized carbons (Fsp3) is 0.0189. The maximum atomic E-state index is 13.8. The van der Waals surface area contributed by atoms with Crippen molar-refractivity contribution in [3.8, 4) is 11.1 Å². The lowest BCUT2D eigenvalue weighted by Crippen LogP contribution is -2.31. The Kier molecular flexibility index (Phi) is 11.0. The van der Waals surface area contributed by atoms with Crippen molar-refractivity contribution in [2.45, 2.75) is 5.41 Å². The number of anilines is 2. The molecule has 0 spiro atoms. The van der Waals surface area contributed by atoms with Gasteiger partial charge in [-0.1, -0.05) is 109 Å². The summed E-state index contributed by atoms with van der Waals surface area (Å²) in [5, 5.41) is 11.4. The fourth-order valence-electron chi connectivity index (χ4n) is 7.94. The largest absolute Gasteiger partial charge is 0.465 e. The molecule has 0 fully saturated rings. The summed E-state index contributed by atoms with van der Waals surface area (Å²) in [5.74, 6) is -1.15. The molecule has 9 rings (SSSR count). The fourth-order valence-corrected chi connectivity index (χ4v) is 7.94. The highest BCUT2D eigenvalue weighted by atomic mass is 16.3. The molecule has 2 heterocycles. The van der Waals surface area contributed by atoms with E-state index in [2.05, 4.69) is 45.5 Å². The summed E-state index contributed by atoms with van der Waals surface area (Å²) in [6, 6.07) is 56.0. The monoisotopic (exact) mass is 826 g/mol. The molecule has 10 heteroatoms. The van der Waals surface area contributed by atoms with E-state index in [0.29, 0.717) is 34.0 Å². The van der Waals surface area contributed by atoms with Gasteiger partial charge in [0, 0.05) is 34.7 Å². The number of amides is 4. The van der Waals surface area contributed by atoms with E-state index in [-0.39, 0.29) is 11.4 Å². The Balaban J connectivity index is 1.03. The second-order valence-corrected chi connectivity index (χ2v) is 14.7. The highest BCUT2D eigenvalue weighted by Gasteiger charge is 2.45. The van der Waals surface area contributed by atoms with Gasteiger partial charge in [-0.05, 0) is 106 Å². The van der Waals surface area contributed by atoms with Gasteiger partial charge in [0.15, 0.2) is 0 Å². The van der Waals surface area contributed by atoms with Gasteiger partial charge in [-0.25, -0.2) is 0 Å². The van der Waals surface area contributed by atoms with Gasteiger partial charge in [0.2, 0.25) is 0 Å². The molecule has 63 heavy (non-hydrogen) atoms. The third-order valence-corrected chi connectivity index (χ3v) is 10.8. The van der Waals surface area contributed by atoms with Gasteiger partial charge in [-0.3, -0.25) is 19.2 Å². The van der Waals surface area contributed by atoms with Gasteiger partial charge < -0.3 is 30.1 Å². The van der Waals surface area contributed by atoms with Crippen molar-refractivity contribution in [1.82, 2.24) is 10.6 Å². The normalized spacial score (nSPS) is 12.7. The van der Waals surface area contributed by atoms with Crippen LogP contribution in [0.25, 0.3) is 23.3 Å². The highest BCUT2D eigenvalue weighted by Crippen LogP contribution is 2.56. The lowest BCUT2D eigenvalue weighted by molar-refractivity contribution is -0.113. The lowest BCUT2D eigenvalue weighted by atomic mass is 9.67. The quantitative estimate of drug-likeness (QED) is 0.0904. The first kappa shape index (κ1) is 39.7. The molecule has 0 atom stereocenters. The zero-order valence-electron chi connectivity index (χ0n) is 33.6. The number of rotatable bonds is 12. The molecule has 0 radical (unpaired) electrons. The van der Waals surface area contributed by atoms with Crippen LogP contribution < -0.4 is 21.3 Å². The van der Waals surface area contributed by atoms with E-state index in [4.69, 9.17) is 8.83 Å². The van der Waals surface area contributed by atoms with Crippen molar-refractivity contribution < 1.29 is 28.0 Å². The maximum absolute atomic E-state index is 13.8. The van der Waals surface area contributed by atoms with E-state index < -0.39 is 29.0 Å². The molecule has 1 aliphatic rings. The van der Waals surface area contributed by atoms with E-state index >= 15 is 0 Å². The van der Waals surface area contributed by atoms with Crippen molar-refractivity contribution in [1.29, 1.82) is 0 Å². The van der Waals surface area contributed by atoms with Gasteiger partial charge in [0.1, 0.15) is 22.9 Å². The first-order chi connectivity index (χ1) is 30.9. The minimum atomic E-state index is -0.791. The Morgan fingerprint density at radius 2 is 0.794 bits per heavy atom. The third kappa shape index (κ3) is 8.12. The zero-order valence-corrected chi connectivity index (χ0v) is 33.6. The number of benzene rings is 6. The Morgan fingerprint density at radius 1 is 0.413 bits per heavy atom. The molecule has 0 saturated heterocycles. The topological polar surface area (TPSA) is 143 Å². The second kappa shape index (κ2) is 17.5. The van der Waals surface area contributed by atoms with Crippen LogP contribution in [-0.2, 0) is 15.0 Å². The van der Waals surface area contributed by atoms with Gasteiger partial charge in [-0.15, -0.1) is 0 Å². The Morgan fingerprint density at radius 3 is 1.17 bits per heavy atom. The van der Waals surface area contributed by atoms with Crippen molar-refractivity contribution in [2.75, 3.05) is 10.6 Å². The lowest BCUT2D eigenvalue weighted by Gasteiger charge is -2.34. The first-order valence-electron chi connectivity index (χ1n) is 20.1. The van der Waals surface area contributed by atoms with Crippen LogP contribution in [0, 0.1) is 0 Å². The summed E-state index contributed by atoms with van der Waals surface area (Å²) < 4.78 is 10.9. The Hall–Kier alpha value is -8.76. The molecule has 306 valence electrons. The average Bonchev–Trinajstić information content (AvgIpc) is 4.11. The molecule has 0 saturated carbocycles. The van der Waals surface area contributed by atoms with Crippen molar-refractivity contribution in [3.05, 3.63) is 251 Å². The maximum Gasteiger partial charge on any atom is 0.272 e. The zero-order chi connectivity index (χ0) is 43.2. The predicted octanol–water partition coefficient (Wildman–Crippen LogP) is 10.1. The van der Waals surface area contributed by atoms with E-state index in [1.807, 2.05) is 84.9 Å². The van der Waals surface area contributed by atoms with E-state index in [1.165, 1.54) is 24.7 Å². The van der Waals surface area contributed by atoms with Gasteiger partial charge in [0.05, 0.1) is 17.9 Å². The van der Waals surface area contributed by atoms with Crippen LogP contribution in [0.1, 0.15) is 54.5 Å². The standard InChI is InChI=1S/C53H38N4O6/c58-49(35-13-3-1-4-14-35)56-47(33-41-17-11-31-62-41)51(60)54-39-27-23-37(24-28-39)53(45-21-9-7-19-43(45)44-20-8-10-22-46(44)53)38-25-29-40(30-26-38)55-52(61)48(34-42-18-12-32-63-42)57-50(59)36-15-5-2-6-16-36/h1-34H,(H,54,60)(H,55,61)(H,56,58)(H,57,59). The number of furan rings is 2. The summed E-state index contributed by atoms with van der Waals surface area (Å²) in [4.78, 5) is 53.9. The molecule has 8 aromatic rings. The van der Waals surface area contributed by atoms with Crippen molar-refractivity contribution in [3.63, 3.8) is 0 Å². The molecular weight excluding hydrogens is 789 g/mol. The van der Waals surface area contributed by atoms with Gasteiger partial charge in [0.25, 0.3) is 23.6 Å². The number of hydrogen-bond donors (Lipinski definition) is 4. The van der Waals surface area contributed by atoms with Gasteiger partial charge >= 0.3 is 0 Å². The van der Waals surface area contributed by atoms with Gasteiger partial charge in [-0.2, -0.15) is 0 Å². The average molecular weight is 827 g/mol. The van der Waals surface area contributed by atoms with Crippen LogP contribution in [0.3, 0.4) is 0 Å². The molecule has 4 amide bonds. The van der Waals surface area contributed by atoms with Crippen LogP contribution in [0.2, 0.25) is 0 Å². The molecular formula is C53H38N4O6. The number of nitrogens with one attached hydrogen (secondary N) is 4. The predicted molar refractivity (Wildman–Crippen MR) is 242 cm³/mol. The van der Waals surface area contributed by atoms with Crippen LogP contribution in [-0.4, -0.2) is 23.6 Å². The third-order valence-electron chi connectivity index (χ3n) is 10.8. The Bertz CT molecular complexity index is 2790. The molecule has 0 unspecified atom stereocenters. The highest BCUT2D eigenvalue weighted by molar-refractivity contribution is 6.11. The van der Waals surface area contributed by atoms with E-state index in [9.17, 15) is 19.2 Å². The summed E-state index contributed by atoms with van der Waals surface area (Å²) in [6.45, 7) is 0. The Labute approximate surface area is 362 Å². The van der Waals surface area contributed by atoms with Crippen molar-refractivity contribution in [2.24, 2.45) is 0 Å². The summed E-state index contributed by atoms with van der Waals surface area (Å²) in [5.41, 5.74) is 7.23. The van der Waals surface area contributed by atoms with E-state index in [1.54, 1.807) is 72.8 Å². The molecule has 0 aliphatic heterocycles. The summed E-state index contributed by atoms with van der Waals surface area (Å²) in [6.07, 6.45) is 5.94. The minimum absolute atomic E-state index is 0.00679. The second-order valence-electron chi connectivity index (χ2n) is 14.7. The first-order valence-corrected chi connectivity index (χ1v) is 20.1. The molecule has 0 bridgehead atoms. The van der Waals surface area contributed by atoms with Crippen molar-refractivity contribution >= 4 is 47.2 Å². The van der Waals surface area contributed by atoms with Crippen LogP contribution in [0.5, 0.6) is 0 Å². The SMILES string of the molecule is O=C(Nc1ccc(C2(c3ccc(NC(=O)C(=Cc4ccco4)NC(=O)c4ccccc4)cc3)c3ccccc3-c3ccccc32)cc1)C(=Cc1ccco1)NC(=O)c1ccccc1. The number of carbonyl (C=O) groups is 4. The van der Waals surface area contributed by atoms with E-state index in [0.717, 1.165) is 33.4 Å². The van der Waals surface area contributed by atoms with Crippen LogP contribution in [0.15, 0.2) is 215 Å². The van der Waals surface area contributed by atoms with Crippen LogP contribution in [0.4, 0.5) is 11.4 Å².